The first-order chi connectivity index (χ1) is 8.25. The lowest BCUT2D eigenvalue weighted by molar-refractivity contribution is -0.130. The van der Waals surface area contributed by atoms with Crippen molar-refractivity contribution in [2.75, 3.05) is 26.7 Å². The molecule has 0 aromatic carbocycles. The fraction of sp³-hybridized carbons (Fsp3) is 0.615. The molecule has 2 N–H and O–H groups in total. The molecule has 4 nitrogen and oxygen atoms in total. The monoisotopic (exact) mass is 235 g/mol. The van der Waals surface area contributed by atoms with E-state index in [1.165, 1.54) is 12.0 Å². The van der Waals surface area contributed by atoms with E-state index in [1.807, 2.05) is 30.4 Å². The maximum Gasteiger partial charge on any atom is 0.222 e. The van der Waals surface area contributed by atoms with Crippen molar-refractivity contribution >= 4 is 5.91 Å². The molecule has 0 saturated carbocycles. The molecule has 1 unspecified atom stereocenters. The SMILES string of the molecule is CN(CC1CCNC1)C(=O)CCc1cc[nH]c1. The first-order valence-electron chi connectivity index (χ1n) is 6.32. The van der Waals surface area contributed by atoms with E-state index < -0.39 is 0 Å². The maximum atomic E-state index is 11.9. The average molecular weight is 235 g/mol. The summed E-state index contributed by atoms with van der Waals surface area (Å²) in [6, 6.07) is 2.02. The highest BCUT2D eigenvalue weighted by molar-refractivity contribution is 5.76. The van der Waals surface area contributed by atoms with Gasteiger partial charge in [-0.3, -0.25) is 4.79 Å². The minimum atomic E-state index is 0.248. The Labute approximate surface area is 102 Å². The average Bonchev–Trinajstić information content (AvgIpc) is 2.98. The molecule has 1 aliphatic heterocycles. The van der Waals surface area contributed by atoms with Crippen molar-refractivity contribution in [2.24, 2.45) is 5.92 Å². The normalized spacial score (nSPS) is 19.5. The summed E-state index contributed by atoms with van der Waals surface area (Å²) in [5, 5.41) is 3.33. The number of carbonyl (C=O) groups is 1. The first kappa shape index (κ1) is 12.2. The smallest absolute Gasteiger partial charge is 0.222 e. The predicted octanol–water partition coefficient (Wildman–Crippen LogP) is 1.02. The van der Waals surface area contributed by atoms with Crippen LogP contribution in [0.5, 0.6) is 0 Å². The van der Waals surface area contributed by atoms with Crippen LogP contribution in [0.15, 0.2) is 18.5 Å². The van der Waals surface area contributed by atoms with Crippen LogP contribution in [0.25, 0.3) is 0 Å². The highest BCUT2D eigenvalue weighted by atomic mass is 16.2. The number of amides is 1. The molecule has 17 heavy (non-hydrogen) atoms. The topological polar surface area (TPSA) is 48.1 Å². The molecule has 1 aromatic heterocycles. The van der Waals surface area contributed by atoms with Gasteiger partial charge in [0.05, 0.1) is 0 Å². The van der Waals surface area contributed by atoms with E-state index in [4.69, 9.17) is 0 Å². The highest BCUT2D eigenvalue weighted by Gasteiger charge is 2.18. The van der Waals surface area contributed by atoms with Crippen LogP contribution in [0.4, 0.5) is 0 Å². The number of aryl methyl sites for hydroxylation is 1. The van der Waals surface area contributed by atoms with Gasteiger partial charge in [0.1, 0.15) is 0 Å². The number of hydrogen-bond acceptors (Lipinski definition) is 2. The number of rotatable bonds is 5. The third-order valence-electron chi connectivity index (χ3n) is 3.41. The van der Waals surface area contributed by atoms with Gasteiger partial charge in [-0.05, 0) is 43.5 Å². The van der Waals surface area contributed by atoms with Crippen molar-refractivity contribution in [3.8, 4) is 0 Å². The zero-order chi connectivity index (χ0) is 12.1. The van der Waals surface area contributed by atoms with Crippen LogP contribution in [-0.4, -0.2) is 42.5 Å². The molecule has 1 aliphatic rings. The molecule has 94 valence electrons. The van der Waals surface area contributed by atoms with Gasteiger partial charge in [-0.25, -0.2) is 0 Å². The van der Waals surface area contributed by atoms with Crippen LogP contribution in [0, 0.1) is 5.92 Å². The minimum Gasteiger partial charge on any atom is -0.367 e. The molecular formula is C13H21N3O. The highest BCUT2D eigenvalue weighted by Crippen LogP contribution is 2.10. The lowest BCUT2D eigenvalue weighted by Crippen LogP contribution is -2.32. The quantitative estimate of drug-likeness (QED) is 0.800. The van der Waals surface area contributed by atoms with Crippen LogP contribution < -0.4 is 5.32 Å². The Morgan fingerprint density at radius 3 is 3.12 bits per heavy atom. The largest absolute Gasteiger partial charge is 0.367 e. The third kappa shape index (κ3) is 3.60. The summed E-state index contributed by atoms with van der Waals surface area (Å²) < 4.78 is 0. The standard InChI is InChI=1S/C13H21N3O/c1-16(10-12-5-7-15-9-12)13(17)3-2-11-4-6-14-8-11/h4,6,8,12,14-15H,2-3,5,7,9-10H2,1H3. The fourth-order valence-electron chi connectivity index (χ4n) is 2.32. The number of H-pyrrole nitrogens is 1. The fourth-order valence-corrected chi connectivity index (χ4v) is 2.32. The van der Waals surface area contributed by atoms with Crippen molar-refractivity contribution in [3.05, 3.63) is 24.0 Å². The number of hydrogen-bond donors (Lipinski definition) is 2. The van der Waals surface area contributed by atoms with Gasteiger partial charge >= 0.3 is 0 Å². The zero-order valence-corrected chi connectivity index (χ0v) is 10.4. The Balaban J connectivity index is 1.71. The van der Waals surface area contributed by atoms with E-state index in [1.54, 1.807) is 0 Å². The van der Waals surface area contributed by atoms with Crippen LogP contribution >= 0.6 is 0 Å². The van der Waals surface area contributed by atoms with Gasteiger partial charge in [-0.15, -0.1) is 0 Å². The molecule has 0 bridgehead atoms. The summed E-state index contributed by atoms with van der Waals surface area (Å²) in [4.78, 5) is 16.8. The molecule has 2 heterocycles. The number of nitrogens with zero attached hydrogens (tertiary/aromatic N) is 1. The lowest BCUT2D eigenvalue weighted by atomic mass is 10.1. The van der Waals surface area contributed by atoms with Crippen LogP contribution in [0.1, 0.15) is 18.4 Å². The Morgan fingerprint density at radius 2 is 2.47 bits per heavy atom. The van der Waals surface area contributed by atoms with E-state index in [0.717, 1.165) is 26.1 Å². The summed E-state index contributed by atoms with van der Waals surface area (Å²) in [5.41, 5.74) is 1.20. The Morgan fingerprint density at radius 1 is 1.59 bits per heavy atom. The third-order valence-corrected chi connectivity index (χ3v) is 3.41. The molecule has 2 rings (SSSR count). The van der Waals surface area contributed by atoms with Gasteiger partial charge in [-0.1, -0.05) is 0 Å². The molecule has 1 atom stereocenters. The van der Waals surface area contributed by atoms with Crippen molar-refractivity contribution in [1.82, 2.24) is 15.2 Å². The number of carbonyl (C=O) groups excluding carboxylic acids is 1. The van der Waals surface area contributed by atoms with Crippen LogP contribution in [0.2, 0.25) is 0 Å². The summed E-state index contributed by atoms with van der Waals surface area (Å²) in [6.45, 7) is 3.03. The van der Waals surface area contributed by atoms with Crippen molar-refractivity contribution < 1.29 is 4.79 Å². The molecule has 0 radical (unpaired) electrons. The molecule has 1 saturated heterocycles. The lowest BCUT2D eigenvalue weighted by Gasteiger charge is -2.20. The zero-order valence-electron chi connectivity index (χ0n) is 10.4. The molecular weight excluding hydrogens is 214 g/mol. The van der Waals surface area contributed by atoms with E-state index in [0.29, 0.717) is 12.3 Å². The van der Waals surface area contributed by atoms with Crippen LogP contribution in [0.3, 0.4) is 0 Å². The van der Waals surface area contributed by atoms with Gasteiger partial charge in [0.15, 0.2) is 0 Å². The molecule has 1 aromatic rings. The molecule has 0 spiro atoms. The number of aromatic nitrogens is 1. The van der Waals surface area contributed by atoms with Gasteiger partial charge in [0.2, 0.25) is 5.91 Å². The number of aromatic amines is 1. The molecule has 0 aliphatic carbocycles. The van der Waals surface area contributed by atoms with Crippen molar-refractivity contribution in [2.45, 2.75) is 19.3 Å². The second-order valence-corrected chi connectivity index (χ2v) is 4.85. The Bertz CT molecular complexity index is 342. The minimum absolute atomic E-state index is 0.248. The van der Waals surface area contributed by atoms with E-state index in [2.05, 4.69) is 10.3 Å². The maximum absolute atomic E-state index is 11.9. The second kappa shape index (κ2) is 5.87. The Kier molecular flexibility index (Phi) is 4.20. The second-order valence-electron chi connectivity index (χ2n) is 4.85. The van der Waals surface area contributed by atoms with Gasteiger partial charge in [0, 0.05) is 32.4 Å². The summed E-state index contributed by atoms with van der Waals surface area (Å²) >= 11 is 0. The van der Waals surface area contributed by atoms with Crippen LogP contribution in [-0.2, 0) is 11.2 Å². The number of nitrogens with one attached hydrogen (secondary N) is 2. The van der Waals surface area contributed by atoms with Gasteiger partial charge in [-0.2, -0.15) is 0 Å². The van der Waals surface area contributed by atoms with Gasteiger partial charge < -0.3 is 15.2 Å². The molecule has 1 amide bonds. The predicted molar refractivity (Wildman–Crippen MR) is 67.7 cm³/mol. The summed E-state index contributed by atoms with van der Waals surface area (Å²) in [7, 11) is 1.91. The summed E-state index contributed by atoms with van der Waals surface area (Å²) in [6.07, 6.45) is 6.47. The van der Waals surface area contributed by atoms with Crippen molar-refractivity contribution in [3.63, 3.8) is 0 Å². The van der Waals surface area contributed by atoms with E-state index in [-0.39, 0.29) is 5.91 Å². The van der Waals surface area contributed by atoms with E-state index >= 15 is 0 Å². The molecule has 1 fully saturated rings. The van der Waals surface area contributed by atoms with E-state index in [9.17, 15) is 4.79 Å². The first-order valence-corrected chi connectivity index (χ1v) is 6.32. The van der Waals surface area contributed by atoms with Crippen molar-refractivity contribution in [1.29, 1.82) is 0 Å². The Hall–Kier alpha value is -1.29. The van der Waals surface area contributed by atoms with Gasteiger partial charge in [0.25, 0.3) is 0 Å². The molecule has 4 heteroatoms. The summed E-state index contributed by atoms with van der Waals surface area (Å²) in [5.74, 6) is 0.884.